The van der Waals surface area contributed by atoms with Crippen molar-refractivity contribution in [2.75, 3.05) is 13.8 Å². The first-order valence-corrected chi connectivity index (χ1v) is 4.08. The topological polar surface area (TPSA) is 45.0 Å². The Kier molecular flexibility index (Phi) is 3.97. The average molecular weight is 176 g/mol. The van der Waals surface area contributed by atoms with Crippen molar-refractivity contribution >= 4 is 0 Å². The zero-order valence-corrected chi connectivity index (χ0v) is 7.58. The summed E-state index contributed by atoms with van der Waals surface area (Å²) in [6, 6.07) is 9.44. The van der Waals surface area contributed by atoms with Crippen molar-refractivity contribution in [3.63, 3.8) is 0 Å². The standard InChI is InChI=1S/C10H12N2O/c1-12-8-13-7-10-4-2-9(6-11)3-5-10/h2-5,12H,7-8H2,1H3. The summed E-state index contributed by atoms with van der Waals surface area (Å²) in [5, 5.41) is 11.4. The molecule has 1 aromatic rings. The van der Waals surface area contributed by atoms with Gasteiger partial charge in [-0.15, -0.1) is 0 Å². The van der Waals surface area contributed by atoms with Gasteiger partial charge in [-0.1, -0.05) is 12.1 Å². The first kappa shape index (κ1) is 9.72. The van der Waals surface area contributed by atoms with Crippen LogP contribution in [0, 0.1) is 11.3 Å². The van der Waals surface area contributed by atoms with Gasteiger partial charge in [-0.3, -0.25) is 5.32 Å². The Balaban J connectivity index is 2.46. The molecule has 0 aliphatic heterocycles. The lowest BCUT2D eigenvalue weighted by molar-refractivity contribution is 0.109. The second-order valence-corrected chi connectivity index (χ2v) is 2.66. The van der Waals surface area contributed by atoms with Crippen LogP contribution in [0.1, 0.15) is 11.1 Å². The summed E-state index contributed by atoms with van der Waals surface area (Å²) in [6.45, 7) is 1.12. The predicted octanol–water partition coefficient (Wildman–Crippen LogP) is 1.25. The lowest BCUT2D eigenvalue weighted by Gasteiger charge is -2.02. The maximum absolute atomic E-state index is 8.55. The van der Waals surface area contributed by atoms with Gasteiger partial charge in [0.1, 0.15) is 0 Å². The number of rotatable bonds is 4. The van der Waals surface area contributed by atoms with E-state index < -0.39 is 0 Å². The molecule has 1 aromatic carbocycles. The van der Waals surface area contributed by atoms with Crippen LogP contribution in [-0.4, -0.2) is 13.8 Å². The number of hydrogen-bond acceptors (Lipinski definition) is 3. The van der Waals surface area contributed by atoms with E-state index in [9.17, 15) is 0 Å². The largest absolute Gasteiger partial charge is 0.362 e. The van der Waals surface area contributed by atoms with Crippen LogP contribution in [0.4, 0.5) is 0 Å². The fourth-order valence-corrected chi connectivity index (χ4v) is 0.946. The van der Waals surface area contributed by atoms with Crippen molar-refractivity contribution in [1.29, 1.82) is 5.26 Å². The molecule has 0 atom stereocenters. The van der Waals surface area contributed by atoms with Gasteiger partial charge >= 0.3 is 0 Å². The van der Waals surface area contributed by atoms with Crippen LogP contribution in [0.3, 0.4) is 0 Å². The Morgan fingerprint density at radius 2 is 2.08 bits per heavy atom. The molecule has 0 amide bonds. The highest BCUT2D eigenvalue weighted by Crippen LogP contribution is 2.03. The fraction of sp³-hybridized carbons (Fsp3) is 0.300. The summed E-state index contributed by atoms with van der Waals surface area (Å²) in [6.07, 6.45) is 0. The summed E-state index contributed by atoms with van der Waals surface area (Å²) in [5.41, 5.74) is 1.76. The molecule has 0 saturated heterocycles. The van der Waals surface area contributed by atoms with Gasteiger partial charge in [0.15, 0.2) is 0 Å². The van der Waals surface area contributed by atoms with Crippen LogP contribution in [0.2, 0.25) is 0 Å². The molecule has 0 saturated carbocycles. The van der Waals surface area contributed by atoms with E-state index >= 15 is 0 Å². The first-order valence-electron chi connectivity index (χ1n) is 4.08. The van der Waals surface area contributed by atoms with Gasteiger partial charge in [-0.25, -0.2) is 0 Å². The molecule has 0 bridgehead atoms. The number of benzene rings is 1. The van der Waals surface area contributed by atoms with Crippen molar-refractivity contribution in [3.05, 3.63) is 35.4 Å². The van der Waals surface area contributed by atoms with Crippen molar-refractivity contribution < 1.29 is 4.74 Å². The lowest BCUT2D eigenvalue weighted by Crippen LogP contribution is -2.11. The highest BCUT2D eigenvalue weighted by molar-refractivity contribution is 5.31. The summed E-state index contributed by atoms with van der Waals surface area (Å²) in [4.78, 5) is 0. The summed E-state index contributed by atoms with van der Waals surface area (Å²) in [5.74, 6) is 0. The van der Waals surface area contributed by atoms with Gasteiger partial charge < -0.3 is 4.74 Å². The van der Waals surface area contributed by atoms with Gasteiger partial charge in [0.25, 0.3) is 0 Å². The van der Waals surface area contributed by atoms with Crippen LogP contribution in [-0.2, 0) is 11.3 Å². The van der Waals surface area contributed by atoms with E-state index in [4.69, 9.17) is 10.00 Å². The Bertz CT molecular complexity index is 287. The highest BCUT2D eigenvalue weighted by atomic mass is 16.5. The van der Waals surface area contributed by atoms with E-state index in [0.717, 1.165) is 5.56 Å². The number of nitrogens with zero attached hydrogens (tertiary/aromatic N) is 1. The van der Waals surface area contributed by atoms with Crippen molar-refractivity contribution in [3.8, 4) is 6.07 Å². The molecule has 0 spiro atoms. The van der Waals surface area contributed by atoms with E-state index in [2.05, 4.69) is 11.4 Å². The Morgan fingerprint density at radius 3 is 2.62 bits per heavy atom. The van der Waals surface area contributed by atoms with Crippen LogP contribution in [0.5, 0.6) is 0 Å². The van der Waals surface area contributed by atoms with Gasteiger partial charge in [-0.05, 0) is 24.7 Å². The number of ether oxygens (including phenoxy) is 1. The van der Waals surface area contributed by atoms with E-state index in [1.54, 1.807) is 12.1 Å². The van der Waals surface area contributed by atoms with E-state index in [1.807, 2.05) is 19.2 Å². The van der Waals surface area contributed by atoms with Crippen molar-refractivity contribution in [2.45, 2.75) is 6.61 Å². The van der Waals surface area contributed by atoms with E-state index in [0.29, 0.717) is 18.9 Å². The minimum absolute atomic E-state index is 0.542. The number of nitrogens with one attached hydrogen (secondary N) is 1. The molecule has 0 aliphatic carbocycles. The predicted molar refractivity (Wildman–Crippen MR) is 49.9 cm³/mol. The zero-order valence-electron chi connectivity index (χ0n) is 7.58. The van der Waals surface area contributed by atoms with Gasteiger partial charge in [0, 0.05) is 0 Å². The first-order chi connectivity index (χ1) is 6.36. The van der Waals surface area contributed by atoms with Crippen molar-refractivity contribution in [2.24, 2.45) is 0 Å². The molecule has 68 valence electrons. The van der Waals surface area contributed by atoms with E-state index in [-0.39, 0.29) is 0 Å². The number of hydrogen-bond donors (Lipinski definition) is 1. The Morgan fingerprint density at radius 1 is 1.38 bits per heavy atom. The second kappa shape index (κ2) is 5.31. The highest BCUT2D eigenvalue weighted by Gasteiger charge is 1.92. The van der Waals surface area contributed by atoms with Gasteiger partial charge in [0.05, 0.1) is 25.0 Å². The Labute approximate surface area is 77.9 Å². The SMILES string of the molecule is CNCOCc1ccc(C#N)cc1. The summed E-state index contributed by atoms with van der Waals surface area (Å²) in [7, 11) is 1.83. The smallest absolute Gasteiger partial charge is 0.0991 e. The molecule has 0 aliphatic rings. The molecular weight excluding hydrogens is 164 g/mol. The van der Waals surface area contributed by atoms with Crippen LogP contribution in [0.25, 0.3) is 0 Å². The van der Waals surface area contributed by atoms with Crippen LogP contribution < -0.4 is 5.32 Å². The molecule has 0 radical (unpaired) electrons. The molecule has 3 heteroatoms. The molecule has 0 heterocycles. The minimum atomic E-state index is 0.542. The fourth-order valence-electron chi connectivity index (χ4n) is 0.946. The quantitative estimate of drug-likeness (QED) is 0.554. The lowest BCUT2D eigenvalue weighted by atomic mass is 10.2. The van der Waals surface area contributed by atoms with Crippen molar-refractivity contribution in [1.82, 2.24) is 5.32 Å². The molecule has 1 N–H and O–H groups in total. The third-order valence-corrected chi connectivity index (χ3v) is 1.60. The maximum atomic E-state index is 8.55. The maximum Gasteiger partial charge on any atom is 0.0991 e. The summed E-state index contributed by atoms with van der Waals surface area (Å²) < 4.78 is 5.25. The summed E-state index contributed by atoms with van der Waals surface area (Å²) >= 11 is 0. The third-order valence-electron chi connectivity index (χ3n) is 1.60. The van der Waals surface area contributed by atoms with Crippen LogP contribution >= 0.6 is 0 Å². The van der Waals surface area contributed by atoms with Gasteiger partial charge in [-0.2, -0.15) is 5.26 Å². The normalized spacial score (nSPS) is 9.54. The van der Waals surface area contributed by atoms with E-state index in [1.165, 1.54) is 0 Å². The second-order valence-electron chi connectivity index (χ2n) is 2.66. The third kappa shape index (κ3) is 3.24. The monoisotopic (exact) mass is 176 g/mol. The Hall–Kier alpha value is -1.37. The van der Waals surface area contributed by atoms with Crippen LogP contribution in [0.15, 0.2) is 24.3 Å². The molecule has 0 aromatic heterocycles. The average Bonchev–Trinajstić information content (AvgIpc) is 2.19. The molecule has 1 rings (SSSR count). The molecule has 13 heavy (non-hydrogen) atoms. The molecule has 0 fully saturated rings. The molecular formula is C10H12N2O. The molecule has 0 unspecified atom stereocenters. The molecule has 3 nitrogen and oxygen atoms in total. The minimum Gasteiger partial charge on any atom is -0.362 e. The zero-order chi connectivity index (χ0) is 9.52. The number of nitriles is 1. The van der Waals surface area contributed by atoms with Gasteiger partial charge in [0.2, 0.25) is 0 Å².